The molecule has 27 heavy (non-hydrogen) atoms. The number of carboxylic acids is 1. The molecule has 2 aromatic rings. The Balaban J connectivity index is 2.06. The van der Waals surface area contributed by atoms with Crippen molar-refractivity contribution in [2.75, 3.05) is 12.4 Å². The van der Waals surface area contributed by atoms with Gasteiger partial charge in [0.05, 0.1) is 12.8 Å². The van der Waals surface area contributed by atoms with Crippen LogP contribution in [0.5, 0.6) is 5.75 Å². The third-order valence-electron chi connectivity index (χ3n) is 3.86. The van der Waals surface area contributed by atoms with Gasteiger partial charge in [0.1, 0.15) is 0 Å². The summed E-state index contributed by atoms with van der Waals surface area (Å²) in [5, 5.41) is 13.7. The van der Waals surface area contributed by atoms with Crippen molar-refractivity contribution in [3.63, 3.8) is 0 Å². The van der Waals surface area contributed by atoms with Crippen LogP contribution in [0.2, 0.25) is 0 Å². The van der Waals surface area contributed by atoms with E-state index in [-0.39, 0.29) is 24.3 Å². The number of methoxy groups -OCH3 is 1. The number of urea groups is 1. The van der Waals surface area contributed by atoms with Gasteiger partial charge in [-0.25, -0.2) is 13.6 Å². The van der Waals surface area contributed by atoms with Gasteiger partial charge in [-0.3, -0.25) is 4.79 Å². The fraction of sp³-hybridized carbons (Fsp3) is 0.263. The van der Waals surface area contributed by atoms with Crippen molar-refractivity contribution < 1.29 is 28.2 Å². The van der Waals surface area contributed by atoms with Gasteiger partial charge in [0.25, 0.3) is 0 Å². The molecule has 0 saturated heterocycles. The number of carbonyl (C=O) groups is 2. The van der Waals surface area contributed by atoms with E-state index in [4.69, 9.17) is 5.11 Å². The molecule has 3 N–H and O–H groups in total. The zero-order valence-corrected chi connectivity index (χ0v) is 14.7. The SMILES string of the molecule is COc1cc(F)c(NC(=O)NC(CCC(=O)O)Cc2ccccc2)cc1F. The molecule has 1 unspecified atom stereocenters. The number of aliphatic carboxylic acids is 1. The first-order valence-electron chi connectivity index (χ1n) is 8.25. The highest BCUT2D eigenvalue weighted by Crippen LogP contribution is 2.24. The van der Waals surface area contributed by atoms with Gasteiger partial charge in [0.2, 0.25) is 0 Å². The molecule has 2 rings (SSSR count). The number of hydrogen-bond acceptors (Lipinski definition) is 3. The Kier molecular flexibility index (Phi) is 7.10. The number of benzene rings is 2. The van der Waals surface area contributed by atoms with Crippen LogP contribution < -0.4 is 15.4 Å². The quantitative estimate of drug-likeness (QED) is 0.655. The van der Waals surface area contributed by atoms with Crippen LogP contribution in [0.3, 0.4) is 0 Å². The summed E-state index contributed by atoms with van der Waals surface area (Å²) in [5.41, 5.74) is 0.567. The van der Waals surface area contributed by atoms with Gasteiger partial charge in [-0.15, -0.1) is 0 Å². The van der Waals surface area contributed by atoms with Gasteiger partial charge in [-0.1, -0.05) is 30.3 Å². The zero-order chi connectivity index (χ0) is 19.8. The summed E-state index contributed by atoms with van der Waals surface area (Å²) in [6, 6.07) is 9.61. The number of carboxylic acid groups (broad SMARTS) is 1. The Morgan fingerprint density at radius 2 is 1.85 bits per heavy atom. The van der Waals surface area contributed by atoms with Gasteiger partial charge in [-0.05, 0) is 18.4 Å². The van der Waals surface area contributed by atoms with Gasteiger partial charge in [0.15, 0.2) is 17.4 Å². The molecule has 8 heteroatoms. The summed E-state index contributed by atoms with van der Waals surface area (Å²) >= 11 is 0. The van der Waals surface area contributed by atoms with Gasteiger partial charge in [-0.2, -0.15) is 0 Å². The van der Waals surface area contributed by atoms with Crippen molar-refractivity contribution in [2.24, 2.45) is 0 Å². The normalized spacial score (nSPS) is 11.5. The Bertz CT molecular complexity index is 800. The number of ether oxygens (including phenoxy) is 1. The molecule has 0 radical (unpaired) electrons. The monoisotopic (exact) mass is 378 g/mol. The summed E-state index contributed by atoms with van der Waals surface area (Å²) in [7, 11) is 1.20. The fourth-order valence-electron chi connectivity index (χ4n) is 2.55. The largest absolute Gasteiger partial charge is 0.494 e. The lowest BCUT2D eigenvalue weighted by Gasteiger charge is -2.19. The van der Waals surface area contributed by atoms with Crippen LogP contribution in [0.15, 0.2) is 42.5 Å². The topological polar surface area (TPSA) is 87.7 Å². The van der Waals surface area contributed by atoms with Crippen LogP contribution in [0.4, 0.5) is 19.3 Å². The van der Waals surface area contributed by atoms with E-state index in [0.717, 1.165) is 17.7 Å². The zero-order valence-electron chi connectivity index (χ0n) is 14.7. The second kappa shape index (κ2) is 9.51. The summed E-state index contributed by atoms with van der Waals surface area (Å²) < 4.78 is 32.3. The second-order valence-electron chi connectivity index (χ2n) is 5.88. The Hall–Kier alpha value is -3.16. The van der Waals surface area contributed by atoms with Crippen molar-refractivity contribution in [3.05, 3.63) is 59.7 Å². The van der Waals surface area contributed by atoms with Crippen LogP contribution in [0, 0.1) is 11.6 Å². The number of nitrogens with one attached hydrogen (secondary N) is 2. The van der Waals surface area contributed by atoms with Crippen LogP contribution >= 0.6 is 0 Å². The molecule has 0 saturated carbocycles. The fourth-order valence-corrected chi connectivity index (χ4v) is 2.55. The van der Waals surface area contributed by atoms with Gasteiger partial charge >= 0.3 is 12.0 Å². The average Bonchev–Trinajstić information content (AvgIpc) is 2.63. The number of rotatable bonds is 8. The maximum absolute atomic E-state index is 13.9. The summed E-state index contributed by atoms with van der Waals surface area (Å²) in [6.07, 6.45) is 0.460. The highest BCUT2D eigenvalue weighted by Gasteiger charge is 2.17. The summed E-state index contributed by atoms with van der Waals surface area (Å²) in [6.45, 7) is 0. The molecule has 0 bridgehead atoms. The minimum absolute atomic E-state index is 0.136. The van der Waals surface area contributed by atoms with E-state index >= 15 is 0 Å². The van der Waals surface area contributed by atoms with Crippen molar-refractivity contribution in [1.82, 2.24) is 5.32 Å². The molecular weight excluding hydrogens is 358 g/mol. The van der Waals surface area contributed by atoms with Crippen LogP contribution in [0.1, 0.15) is 18.4 Å². The molecule has 0 aliphatic rings. The molecule has 2 amide bonds. The highest BCUT2D eigenvalue weighted by atomic mass is 19.1. The first-order valence-corrected chi connectivity index (χ1v) is 8.25. The first kappa shape index (κ1) is 20.2. The number of anilines is 1. The molecule has 0 aromatic heterocycles. The lowest BCUT2D eigenvalue weighted by molar-refractivity contribution is -0.137. The molecule has 0 heterocycles. The van der Waals surface area contributed by atoms with E-state index in [1.165, 1.54) is 7.11 Å². The molecule has 0 fully saturated rings. The van der Waals surface area contributed by atoms with E-state index < -0.39 is 29.7 Å². The number of halogens is 2. The Morgan fingerprint density at radius 1 is 1.15 bits per heavy atom. The van der Waals surface area contributed by atoms with E-state index in [1.54, 1.807) is 0 Å². The molecule has 2 aromatic carbocycles. The molecule has 0 aliphatic heterocycles. The number of hydrogen-bond donors (Lipinski definition) is 3. The van der Waals surface area contributed by atoms with Gasteiger partial charge < -0.3 is 20.5 Å². The minimum Gasteiger partial charge on any atom is -0.494 e. The standard InChI is InChI=1S/C19H20F2N2O4/c1-27-17-11-14(20)16(10-15(17)21)23-19(26)22-13(7-8-18(24)25)9-12-5-3-2-4-6-12/h2-6,10-11,13H,7-9H2,1H3,(H,24,25)(H2,22,23,26). The van der Waals surface area contributed by atoms with Gasteiger partial charge in [0, 0.05) is 24.6 Å². The second-order valence-corrected chi connectivity index (χ2v) is 5.88. The van der Waals surface area contributed by atoms with Crippen LogP contribution in [0.25, 0.3) is 0 Å². The smallest absolute Gasteiger partial charge is 0.319 e. The van der Waals surface area contributed by atoms with Crippen LogP contribution in [-0.2, 0) is 11.2 Å². The molecule has 0 aliphatic carbocycles. The third kappa shape index (κ3) is 6.25. The first-order chi connectivity index (χ1) is 12.9. The van der Waals surface area contributed by atoms with E-state index in [9.17, 15) is 18.4 Å². The lowest BCUT2D eigenvalue weighted by atomic mass is 10.0. The van der Waals surface area contributed by atoms with E-state index in [1.807, 2.05) is 30.3 Å². The van der Waals surface area contributed by atoms with E-state index in [2.05, 4.69) is 15.4 Å². The lowest BCUT2D eigenvalue weighted by Crippen LogP contribution is -2.39. The predicted molar refractivity (Wildman–Crippen MR) is 95.9 cm³/mol. The van der Waals surface area contributed by atoms with Crippen molar-refractivity contribution in [1.29, 1.82) is 0 Å². The van der Waals surface area contributed by atoms with Crippen molar-refractivity contribution in [2.45, 2.75) is 25.3 Å². The Labute approximate surface area is 155 Å². The third-order valence-corrected chi connectivity index (χ3v) is 3.86. The average molecular weight is 378 g/mol. The molecule has 6 nitrogen and oxygen atoms in total. The maximum Gasteiger partial charge on any atom is 0.319 e. The minimum atomic E-state index is -0.987. The summed E-state index contributed by atoms with van der Waals surface area (Å²) in [4.78, 5) is 23.0. The number of amides is 2. The molecule has 144 valence electrons. The number of carbonyl (C=O) groups excluding carboxylic acids is 1. The molecule has 1 atom stereocenters. The maximum atomic E-state index is 13.9. The van der Waals surface area contributed by atoms with E-state index in [0.29, 0.717) is 6.42 Å². The van der Waals surface area contributed by atoms with Crippen LogP contribution in [-0.4, -0.2) is 30.3 Å². The summed E-state index contributed by atoms with van der Waals surface area (Å²) in [5.74, 6) is -2.94. The Morgan fingerprint density at radius 3 is 2.48 bits per heavy atom. The predicted octanol–water partition coefficient (Wildman–Crippen LogP) is 3.57. The molecule has 0 spiro atoms. The highest BCUT2D eigenvalue weighted by molar-refractivity contribution is 5.89. The van der Waals surface area contributed by atoms with Crippen molar-refractivity contribution in [3.8, 4) is 5.75 Å². The molecular formula is C19H20F2N2O4. The van der Waals surface area contributed by atoms with Crippen molar-refractivity contribution >= 4 is 17.7 Å².